The standard InChI is InChI=1S/C19H20ClN3O2/c1-5-23(15-8-6-7-12(2)9-15)17(24)11-25-19-16(10-21)13(3)18(20)14(4)22-19/h6-9H,5,11H2,1-4H3. The van der Waals surface area contributed by atoms with Crippen LogP contribution < -0.4 is 9.64 Å². The van der Waals surface area contributed by atoms with Crippen LogP contribution in [0.4, 0.5) is 5.69 Å². The summed E-state index contributed by atoms with van der Waals surface area (Å²) >= 11 is 6.12. The lowest BCUT2D eigenvalue weighted by Gasteiger charge is -2.21. The molecule has 0 radical (unpaired) electrons. The normalized spacial score (nSPS) is 10.2. The average molecular weight is 358 g/mol. The van der Waals surface area contributed by atoms with E-state index in [4.69, 9.17) is 16.3 Å². The number of carbonyl (C=O) groups is 1. The third kappa shape index (κ3) is 4.09. The minimum absolute atomic E-state index is 0.135. The van der Waals surface area contributed by atoms with Gasteiger partial charge >= 0.3 is 0 Å². The first-order valence-corrected chi connectivity index (χ1v) is 8.33. The van der Waals surface area contributed by atoms with Crippen molar-refractivity contribution < 1.29 is 9.53 Å². The topological polar surface area (TPSA) is 66.2 Å². The predicted octanol–water partition coefficient (Wildman–Crippen LogP) is 3.96. The van der Waals surface area contributed by atoms with Crippen molar-refractivity contribution in [3.05, 3.63) is 51.7 Å². The summed E-state index contributed by atoms with van der Waals surface area (Å²) in [5.41, 5.74) is 3.30. The van der Waals surface area contributed by atoms with Crippen LogP contribution in [-0.2, 0) is 4.79 Å². The molecule has 0 spiro atoms. The molecule has 0 aliphatic heterocycles. The second-order valence-electron chi connectivity index (χ2n) is 5.69. The summed E-state index contributed by atoms with van der Waals surface area (Å²) < 4.78 is 5.56. The lowest BCUT2D eigenvalue weighted by molar-refractivity contribution is -0.120. The number of halogens is 1. The van der Waals surface area contributed by atoms with Crippen molar-refractivity contribution in [2.45, 2.75) is 27.7 Å². The van der Waals surface area contributed by atoms with Gasteiger partial charge in [0, 0.05) is 12.2 Å². The van der Waals surface area contributed by atoms with Gasteiger partial charge in [0.15, 0.2) is 6.61 Å². The number of aromatic nitrogens is 1. The number of ether oxygens (including phenoxy) is 1. The minimum atomic E-state index is -0.205. The molecule has 0 aliphatic carbocycles. The third-order valence-corrected chi connectivity index (χ3v) is 4.44. The Morgan fingerprint density at radius 2 is 2.08 bits per heavy atom. The Hall–Kier alpha value is -2.58. The van der Waals surface area contributed by atoms with Crippen molar-refractivity contribution >= 4 is 23.2 Å². The molecule has 0 saturated heterocycles. The Morgan fingerprint density at radius 3 is 2.68 bits per heavy atom. The largest absolute Gasteiger partial charge is 0.467 e. The Morgan fingerprint density at radius 1 is 1.36 bits per heavy atom. The van der Waals surface area contributed by atoms with Gasteiger partial charge in [-0.2, -0.15) is 5.26 Å². The van der Waals surface area contributed by atoms with Crippen LogP contribution in [0.15, 0.2) is 24.3 Å². The summed E-state index contributed by atoms with van der Waals surface area (Å²) in [6.45, 7) is 7.65. The monoisotopic (exact) mass is 357 g/mol. The number of carbonyl (C=O) groups excluding carboxylic acids is 1. The molecule has 25 heavy (non-hydrogen) atoms. The summed E-state index contributed by atoms with van der Waals surface area (Å²) in [4.78, 5) is 18.4. The van der Waals surface area contributed by atoms with Crippen LogP contribution in [0.1, 0.15) is 29.3 Å². The highest BCUT2D eigenvalue weighted by molar-refractivity contribution is 6.32. The van der Waals surface area contributed by atoms with E-state index in [0.29, 0.717) is 22.8 Å². The molecule has 5 nitrogen and oxygen atoms in total. The fourth-order valence-electron chi connectivity index (χ4n) is 2.54. The molecule has 1 aromatic carbocycles. The molecule has 0 bridgehead atoms. The van der Waals surface area contributed by atoms with E-state index in [-0.39, 0.29) is 24.0 Å². The first-order chi connectivity index (χ1) is 11.9. The van der Waals surface area contributed by atoms with Crippen LogP contribution in [0.2, 0.25) is 5.02 Å². The van der Waals surface area contributed by atoms with Gasteiger partial charge in [-0.05, 0) is 51.0 Å². The van der Waals surface area contributed by atoms with Gasteiger partial charge in [0.1, 0.15) is 11.6 Å². The van der Waals surface area contributed by atoms with Crippen molar-refractivity contribution in [2.75, 3.05) is 18.1 Å². The Balaban J connectivity index is 2.21. The highest BCUT2D eigenvalue weighted by atomic mass is 35.5. The fraction of sp³-hybridized carbons (Fsp3) is 0.316. The van der Waals surface area contributed by atoms with E-state index >= 15 is 0 Å². The highest BCUT2D eigenvalue weighted by Crippen LogP contribution is 2.28. The maximum absolute atomic E-state index is 12.6. The van der Waals surface area contributed by atoms with Gasteiger partial charge in [0.2, 0.25) is 5.88 Å². The van der Waals surface area contributed by atoms with Gasteiger partial charge in [0.25, 0.3) is 5.91 Å². The number of nitrogens with zero attached hydrogens (tertiary/aromatic N) is 3. The first kappa shape index (κ1) is 18.8. The third-order valence-electron chi connectivity index (χ3n) is 3.88. The number of anilines is 1. The molecule has 130 valence electrons. The molecule has 2 rings (SSSR count). The number of likely N-dealkylation sites (N-methyl/N-ethyl adjacent to an activating group) is 1. The SMILES string of the molecule is CCN(C(=O)COc1nc(C)c(Cl)c(C)c1C#N)c1cccc(C)c1. The van der Waals surface area contributed by atoms with Gasteiger partial charge in [-0.3, -0.25) is 4.79 Å². The molecule has 2 aromatic rings. The molecular formula is C19H20ClN3O2. The average Bonchev–Trinajstić information content (AvgIpc) is 2.58. The van der Waals surface area contributed by atoms with E-state index in [1.54, 1.807) is 18.7 Å². The number of amides is 1. The Kier molecular flexibility index (Phi) is 6.00. The molecule has 1 amide bonds. The zero-order valence-electron chi connectivity index (χ0n) is 14.8. The summed E-state index contributed by atoms with van der Waals surface area (Å²) in [7, 11) is 0. The molecule has 1 heterocycles. The summed E-state index contributed by atoms with van der Waals surface area (Å²) in [6.07, 6.45) is 0. The van der Waals surface area contributed by atoms with Crippen LogP contribution in [0.5, 0.6) is 5.88 Å². The number of hydrogen-bond acceptors (Lipinski definition) is 4. The molecule has 0 atom stereocenters. The molecule has 0 fully saturated rings. The highest BCUT2D eigenvalue weighted by Gasteiger charge is 2.19. The maximum atomic E-state index is 12.6. The van der Waals surface area contributed by atoms with Gasteiger partial charge in [-0.25, -0.2) is 4.98 Å². The number of aryl methyl sites for hydroxylation is 2. The number of nitriles is 1. The smallest absolute Gasteiger partial charge is 0.264 e. The summed E-state index contributed by atoms with van der Waals surface area (Å²) in [6, 6.07) is 9.74. The number of pyridine rings is 1. The zero-order valence-corrected chi connectivity index (χ0v) is 15.5. The van der Waals surface area contributed by atoms with Crippen molar-refractivity contribution in [1.82, 2.24) is 4.98 Å². The fourth-order valence-corrected chi connectivity index (χ4v) is 2.68. The van der Waals surface area contributed by atoms with Crippen molar-refractivity contribution in [2.24, 2.45) is 0 Å². The molecule has 0 aliphatic rings. The molecule has 6 heteroatoms. The lowest BCUT2D eigenvalue weighted by Crippen LogP contribution is -2.35. The van der Waals surface area contributed by atoms with Gasteiger partial charge < -0.3 is 9.64 Å². The molecule has 1 aromatic heterocycles. The van der Waals surface area contributed by atoms with Crippen LogP contribution >= 0.6 is 11.6 Å². The summed E-state index contributed by atoms with van der Waals surface area (Å²) in [5.74, 6) is -0.0698. The zero-order chi connectivity index (χ0) is 18.6. The van der Waals surface area contributed by atoms with Crippen LogP contribution in [0.25, 0.3) is 0 Å². The second kappa shape index (κ2) is 8.00. The predicted molar refractivity (Wildman–Crippen MR) is 98.1 cm³/mol. The molecule has 0 unspecified atom stereocenters. The maximum Gasteiger partial charge on any atom is 0.264 e. The lowest BCUT2D eigenvalue weighted by atomic mass is 10.1. The van der Waals surface area contributed by atoms with Crippen LogP contribution in [0.3, 0.4) is 0 Å². The minimum Gasteiger partial charge on any atom is -0.467 e. The van der Waals surface area contributed by atoms with Crippen LogP contribution in [0, 0.1) is 32.1 Å². The molecular weight excluding hydrogens is 338 g/mol. The first-order valence-electron chi connectivity index (χ1n) is 7.95. The van der Waals surface area contributed by atoms with E-state index in [1.807, 2.05) is 44.2 Å². The van der Waals surface area contributed by atoms with E-state index in [1.165, 1.54) is 0 Å². The number of hydrogen-bond donors (Lipinski definition) is 0. The quantitative estimate of drug-likeness (QED) is 0.812. The number of benzene rings is 1. The van der Waals surface area contributed by atoms with E-state index in [9.17, 15) is 10.1 Å². The van der Waals surface area contributed by atoms with E-state index in [2.05, 4.69) is 4.98 Å². The van der Waals surface area contributed by atoms with Gasteiger partial charge in [-0.15, -0.1) is 0 Å². The van der Waals surface area contributed by atoms with E-state index in [0.717, 1.165) is 11.3 Å². The molecule has 0 N–H and O–H groups in total. The van der Waals surface area contributed by atoms with Crippen molar-refractivity contribution in [1.29, 1.82) is 5.26 Å². The van der Waals surface area contributed by atoms with Gasteiger partial charge in [0.05, 0.1) is 10.7 Å². The van der Waals surface area contributed by atoms with Crippen molar-refractivity contribution in [3.8, 4) is 11.9 Å². The molecule has 0 saturated carbocycles. The van der Waals surface area contributed by atoms with Gasteiger partial charge in [-0.1, -0.05) is 23.7 Å². The number of rotatable bonds is 5. The Labute approximate surface area is 152 Å². The van der Waals surface area contributed by atoms with E-state index < -0.39 is 0 Å². The Bertz CT molecular complexity index is 843. The second-order valence-corrected chi connectivity index (χ2v) is 6.07. The summed E-state index contributed by atoms with van der Waals surface area (Å²) in [5, 5.41) is 9.76. The van der Waals surface area contributed by atoms with Crippen LogP contribution in [-0.4, -0.2) is 24.0 Å². The van der Waals surface area contributed by atoms with Crippen molar-refractivity contribution in [3.63, 3.8) is 0 Å².